The highest BCUT2D eigenvalue weighted by Gasteiger charge is 2.13. The molecule has 2 aromatic rings. The molecule has 0 aliphatic carbocycles. The maximum absolute atomic E-state index is 13.1. The summed E-state index contributed by atoms with van der Waals surface area (Å²) in [4.78, 5) is 0. The largest absolute Gasteiger partial charge is 0.381 e. The summed E-state index contributed by atoms with van der Waals surface area (Å²) in [5.41, 5.74) is 6.81. The monoisotopic (exact) mass is 240 g/mol. The van der Waals surface area contributed by atoms with Crippen LogP contribution in [0.4, 0.5) is 10.2 Å². The van der Waals surface area contributed by atoms with Gasteiger partial charge in [-0.1, -0.05) is 23.7 Å². The van der Waals surface area contributed by atoms with Crippen molar-refractivity contribution in [2.45, 2.75) is 13.3 Å². The molecule has 84 valence electrons. The van der Waals surface area contributed by atoms with E-state index in [9.17, 15) is 4.39 Å². The zero-order valence-electron chi connectivity index (χ0n) is 8.61. The van der Waals surface area contributed by atoms with Crippen molar-refractivity contribution in [3.05, 3.63) is 34.7 Å². The fourth-order valence-corrected chi connectivity index (χ4v) is 1.68. The Balaban J connectivity index is 2.62. The summed E-state index contributed by atoms with van der Waals surface area (Å²) in [6.07, 6.45) is 0.645. The lowest BCUT2D eigenvalue weighted by Crippen LogP contribution is -2.03. The highest BCUT2D eigenvalue weighted by molar-refractivity contribution is 6.32. The summed E-state index contributed by atoms with van der Waals surface area (Å²) in [5.74, 6) is -0.0432. The van der Waals surface area contributed by atoms with Gasteiger partial charge in [0.15, 0.2) is 5.82 Å². The minimum Gasteiger partial charge on any atom is -0.381 e. The predicted octanol–water partition coefficient (Wildman–Crippen LogP) is 2.20. The highest BCUT2D eigenvalue weighted by atomic mass is 35.5. The van der Waals surface area contributed by atoms with Gasteiger partial charge in [0.1, 0.15) is 5.82 Å². The first-order valence-electron chi connectivity index (χ1n) is 4.79. The highest BCUT2D eigenvalue weighted by Crippen LogP contribution is 2.23. The van der Waals surface area contributed by atoms with Crippen LogP contribution in [0, 0.1) is 5.82 Å². The Hall–Kier alpha value is -1.62. The van der Waals surface area contributed by atoms with E-state index in [1.807, 2.05) is 6.92 Å². The van der Waals surface area contributed by atoms with E-state index in [0.29, 0.717) is 28.6 Å². The molecule has 16 heavy (non-hydrogen) atoms. The number of hydrogen-bond acceptors (Lipinski definition) is 3. The number of hydrogen-bond donors (Lipinski definition) is 1. The average Bonchev–Trinajstić information content (AvgIpc) is 2.63. The molecule has 0 fully saturated rings. The topological polar surface area (TPSA) is 56.7 Å². The number of nitrogen functional groups attached to an aromatic ring is 1. The number of nitrogens with zero attached hydrogens (tertiary/aromatic N) is 3. The van der Waals surface area contributed by atoms with Crippen molar-refractivity contribution in [2.24, 2.45) is 0 Å². The Labute approximate surface area is 96.8 Å². The maximum atomic E-state index is 13.1. The van der Waals surface area contributed by atoms with Gasteiger partial charge in [-0.2, -0.15) is 0 Å². The molecule has 0 bridgehead atoms. The molecule has 0 saturated heterocycles. The summed E-state index contributed by atoms with van der Waals surface area (Å²) < 4.78 is 14.6. The molecule has 2 rings (SSSR count). The number of anilines is 1. The van der Waals surface area contributed by atoms with Crippen LogP contribution in [0.5, 0.6) is 0 Å². The normalized spacial score (nSPS) is 10.7. The third-order valence-electron chi connectivity index (χ3n) is 2.26. The van der Waals surface area contributed by atoms with Crippen LogP contribution in [0.15, 0.2) is 18.2 Å². The van der Waals surface area contributed by atoms with E-state index in [2.05, 4.69) is 10.3 Å². The maximum Gasteiger partial charge on any atom is 0.169 e. The number of rotatable bonds is 2. The fraction of sp³-hybridized carbons (Fsp3) is 0.200. The van der Waals surface area contributed by atoms with E-state index < -0.39 is 0 Å². The quantitative estimate of drug-likeness (QED) is 0.876. The van der Waals surface area contributed by atoms with Gasteiger partial charge in [-0.15, -0.1) is 5.10 Å². The van der Waals surface area contributed by atoms with Gasteiger partial charge in [-0.25, -0.2) is 9.07 Å². The molecule has 0 unspecified atom stereocenters. The molecule has 1 aromatic heterocycles. The molecule has 1 aromatic carbocycles. The van der Waals surface area contributed by atoms with Crippen molar-refractivity contribution >= 4 is 17.4 Å². The fourth-order valence-electron chi connectivity index (χ4n) is 1.49. The Morgan fingerprint density at radius 3 is 2.94 bits per heavy atom. The van der Waals surface area contributed by atoms with Gasteiger partial charge in [-0.05, 0) is 18.6 Å². The standard InChI is InChI=1S/C10H10ClFN4/c1-2-8-10(13)14-15-16(8)9-5-6(12)3-4-7(9)11/h3-5H,2,13H2,1H3. The molecule has 0 amide bonds. The number of aromatic nitrogens is 3. The van der Waals surface area contributed by atoms with Gasteiger partial charge < -0.3 is 5.73 Å². The predicted molar refractivity (Wildman–Crippen MR) is 60.1 cm³/mol. The second kappa shape index (κ2) is 4.09. The van der Waals surface area contributed by atoms with Crippen LogP contribution < -0.4 is 5.73 Å². The third-order valence-corrected chi connectivity index (χ3v) is 2.58. The molecular formula is C10H10ClFN4. The van der Waals surface area contributed by atoms with Crippen LogP contribution in [0.2, 0.25) is 5.02 Å². The third kappa shape index (κ3) is 1.74. The van der Waals surface area contributed by atoms with Crippen molar-refractivity contribution in [1.82, 2.24) is 15.0 Å². The van der Waals surface area contributed by atoms with Crippen LogP contribution in [0.3, 0.4) is 0 Å². The van der Waals surface area contributed by atoms with Gasteiger partial charge in [0, 0.05) is 6.07 Å². The van der Waals surface area contributed by atoms with Crippen LogP contribution in [-0.4, -0.2) is 15.0 Å². The summed E-state index contributed by atoms with van der Waals surface area (Å²) in [6.45, 7) is 1.92. The zero-order chi connectivity index (χ0) is 11.7. The van der Waals surface area contributed by atoms with Crippen molar-refractivity contribution in [3.8, 4) is 5.69 Å². The summed E-state index contributed by atoms with van der Waals surface area (Å²) in [5, 5.41) is 8.00. The van der Waals surface area contributed by atoms with E-state index in [4.69, 9.17) is 17.3 Å². The van der Waals surface area contributed by atoms with Gasteiger partial charge in [0.25, 0.3) is 0 Å². The van der Waals surface area contributed by atoms with E-state index in [-0.39, 0.29) is 5.82 Å². The minimum atomic E-state index is -0.379. The lowest BCUT2D eigenvalue weighted by Gasteiger charge is -2.06. The van der Waals surface area contributed by atoms with E-state index in [0.717, 1.165) is 0 Å². The van der Waals surface area contributed by atoms with E-state index >= 15 is 0 Å². The molecule has 0 radical (unpaired) electrons. The molecule has 0 atom stereocenters. The van der Waals surface area contributed by atoms with Crippen LogP contribution >= 0.6 is 11.6 Å². The van der Waals surface area contributed by atoms with Gasteiger partial charge in [0.05, 0.1) is 16.4 Å². The van der Waals surface area contributed by atoms with Crippen LogP contribution in [-0.2, 0) is 6.42 Å². The van der Waals surface area contributed by atoms with Crippen LogP contribution in [0.25, 0.3) is 5.69 Å². The second-order valence-electron chi connectivity index (χ2n) is 3.28. The Kier molecular flexibility index (Phi) is 2.78. The average molecular weight is 241 g/mol. The summed E-state index contributed by atoms with van der Waals surface area (Å²) in [6, 6.07) is 4.07. The minimum absolute atomic E-state index is 0.336. The van der Waals surface area contributed by atoms with Gasteiger partial charge in [0.2, 0.25) is 0 Å². The Morgan fingerprint density at radius 1 is 1.50 bits per heavy atom. The first-order chi connectivity index (χ1) is 7.63. The number of nitrogens with two attached hydrogens (primary N) is 1. The van der Waals surface area contributed by atoms with Crippen LogP contribution in [0.1, 0.15) is 12.6 Å². The number of halogens is 2. The zero-order valence-corrected chi connectivity index (χ0v) is 9.37. The summed E-state index contributed by atoms with van der Waals surface area (Å²) >= 11 is 5.97. The SMILES string of the molecule is CCc1c(N)nnn1-c1cc(F)ccc1Cl. The van der Waals surface area contributed by atoms with Gasteiger partial charge >= 0.3 is 0 Å². The van der Waals surface area contributed by atoms with Crippen molar-refractivity contribution < 1.29 is 4.39 Å². The smallest absolute Gasteiger partial charge is 0.169 e. The molecule has 4 nitrogen and oxygen atoms in total. The molecule has 0 aliphatic rings. The lowest BCUT2D eigenvalue weighted by molar-refractivity contribution is 0.624. The van der Waals surface area contributed by atoms with Crippen molar-refractivity contribution in [3.63, 3.8) is 0 Å². The molecule has 0 aliphatic heterocycles. The molecule has 0 spiro atoms. The molecular weight excluding hydrogens is 231 g/mol. The molecule has 1 heterocycles. The Morgan fingerprint density at radius 2 is 2.25 bits per heavy atom. The van der Waals surface area contributed by atoms with E-state index in [1.165, 1.54) is 22.9 Å². The van der Waals surface area contributed by atoms with Gasteiger partial charge in [-0.3, -0.25) is 0 Å². The first-order valence-corrected chi connectivity index (χ1v) is 5.16. The first kappa shape index (κ1) is 10.9. The Bertz CT molecular complexity index is 524. The number of benzene rings is 1. The van der Waals surface area contributed by atoms with Crippen molar-refractivity contribution in [2.75, 3.05) is 5.73 Å². The molecule has 2 N–H and O–H groups in total. The lowest BCUT2D eigenvalue weighted by atomic mass is 10.2. The summed E-state index contributed by atoms with van der Waals surface area (Å²) in [7, 11) is 0. The second-order valence-corrected chi connectivity index (χ2v) is 3.69. The van der Waals surface area contributed by atoms with E-state index in [1.54, 1.807) is 0 Å². The molecule has 6 heteroatoms. The molecule has 0 saturated carbocycles. The van der Waals surface area contributed by atoms with Crippen molar-refractivity contribution in [1.29, 1.82) is 0 Å².